The van der Waals surface area contributed by atoms with E-state index < -0.39 is 0 Å². The first-order chi connectivity index (χ1) is 12.6. The van der Waals surface area contributed by atoms with Gasteiger partial charge in [-0.05, 0) is 53.6 Å². The number of fused-ring (bicyclic) bond motifs is 3. The van der Waals surface area contributed by atoms with E-state index in [1.807, 2.05) is 12.3 Å². The van der Waals surface area contributed by atoms with Crippen molar-refractivity contribution < 1.29 is 18.3 Å². The molecule has 0 saturated heterocycles. The molecule has 2 aromatic carbocycles. The summed E-state index contributed by atoms with van der Waals surface area (Å²) in [5.74, 6) is 0.237. The van der Waals surface area contributed by atoms with Crippen LogP contribution in [0.25, 0.3) is 22.3 Å². The number of esters is 1. The summed E-state index contributed by atoms with van der Waals surface area (Å²) in [5.41, 5.74) is 5.27. The highest BCUT2D eigenvalue weighted by Gasteiger charge is 2.29. The number of carbonyl (C=O) groups is 1. The third-order valence-corrected chi connectivity index (χ3v) is 5.58. The van der Waals surface area contributed by atoms with Crippen LogP contribution in [0.2, 0.25) is 0 Å². The zero-order chi connectivity index (χ0) is 18.3. The molecule has 0 bridgehead atoms. The monoisotopic (exact) mass is 368 g/mol. The molecule has 0 radical (unpaired) electrons. The first-order valence-corrected chi connectivity index (χ1v) is 9.51. The largest absolute Gasteiger partial charge is 0.469 e. The molecule has 0 unspecified atom stereocenters. The minimum absolute atomic E-state index is 0.284. The number of hydrogen-bond donors (Lipinski definition) is 0. The standard InChI is InChI=1S/C21H17FO3S/c1-24-21(23)19-18-13(5-8-17-15(18)9-10-25-17)11-16(20(19)26-2)12-3-6-14(22)7-4-12/h3-4,6-7,9-11H,5,8H2,1-2H3. The Morgan fingerprint density at radius 3 is 2.62 bits per heavy atom. The summed E-state index contributed by atoms with van der Waals surface area (Å²) >= 11 is 1.49. The van der Waals surface area contributed by atoms with Crippen molar-refractivity contribution >= 4 is 17.7 Å². The average molecular weight is 368 g/mol. The van der Waals surface area contributed by atoms with Gasteiger partial charge < -0.3 is 9.15 Å². The summed E-state index contributed by atoms with van der Waals surface area (Å²) in [5, 5.41) is 0. The van der Waals surface area contributed by atoms with Gasteiger partial charge in [-0.2, -0.15) is 0 Å². The number of halogens is 1. The Bertz CT molecular complexity index is 989. The van der Waals surface area contributed by atoms with E-state index in [0.717, 1.165) is 51.3 Å². The Morgan fingerprint density at radius 1 is 1.15 bits per heavy atom. The van der Waals surface area contributed by atoms with Crippen LogP contribution < -0.4 is 0 Å². The zero-order valence-corrected chi connectivity index (χ0v) is 15.3. The molecule has 1 heterocycles. The summed E-state index contributed by atoms with van der Waals surface area (Å²) in [6, 6.07) is 10.4. The van der Waals surface area contributed by atoms with Crippen LogP contribution >= 0.6 is 11.8 Å². The second kappa shape index (κ2) is 6.65. The van der Waals surface area contributed by atoms with Crippen molar-refractivity contribution in [1.82, 2.24) is 0 Å². The fourth-order valence-corrected chi connectivity index (χ4v) is 4.37. The normalized spacial score (nSPS) is 12.4. The molecule has 1 aliphatic carbocycles. The van der Waals surface area contributed by atoms with E-state index in [1.54, 1.807) is 18.4 Å². The van der Waals surface area contributed by atoms with Gasteiger partial charge in [-0.25, -0.2) is 9.18 Å². The third-order valence-electron chi connectivity index (χ3n) is 4.75. The number of ether oxygens (including phenoxy) is 1. The van der Waals surface area contributed by atoms with Crippen LogP contribution in [0.15, 0.2) is 52.0 Å². The SMILES string of the molecule is COC(=O)c1c(SC)c(-c2ccc(F)cc2)cc2c1-c1ccoc1CC2. The van der Waals surface area contributed by atoms with Crippen molar-refractivity contribution in [2.24, 2.45) is 0 Å². The summed E-state index contributed by atoms with van der Waals surface area (Å²) in [6.45, 7) is 0. The Morgan fingerprint density at radius 2 is 1.92 bits per heavy atom. The van der Waals surface area contributed by atoms with Gasteiger partial charge in [0.05, 0.1) is 18.9 Å². The maximum absolute atomic E-state index is 13.4. The van der Waals surface area contributed by atoms with Gasteiger partial charge in [-0.3, -0.25) is 0 Å². The fraction of sp³-hybridized carbons (Fsp3) is 0.190. The average Bonchev–Trinajstić information content (AvgIpc) is 3.15. The third kappa shape index (κ3) is 2.63. The van der Waals surface area contributed by atoms with Gasteiger partial charge in [0.15, 0.2) is 0 Å². The molecular formula is C21H17FO3S. The Kier molecular flexibility index (Phi) is 4.32. The molecule has 1 aromatic heterocycles. The van der Waals surface area contributed by atoms with Gasteiger partial charge in [0.1, 0.15) is 11.6 Å². The van der Waals surface area contributed by atoms with Gasteiger partial charge in [-0.1, -0.05) is 12.1 Å². The fourth-order valence-electron chi connectivity index (χ4n) is 3.58. The summed E-state index contributed by atoms with van der Waals surface area (Å²) in [4.78, 5) is 13.5. The lowest BCUT2D eigenvalue weighted by Crippen LogP contribution is -2.12. The minimum atomic E-state index is -0.372. The van der Waals surface area contributed by atoms with Crippen molar-refractivity contribution in [3.05, 3.63) is 65.4 Å². The molecule has 1 aliphatic rings. The second-order valence-electron chi connectivity index (χ2n) is 6.12. The number of thioether (sulfide) groups is 1. The topological polar surface area (TPSA) is 39.4 Å². The molecule has 3 aromatic rings. The highest BCUT2D eigenvalue weighted by atomic mass is 32.2. The molecule has 0 spiro atoms. The second-order valence-corrected chi connectivity index (χ2v) is 6.94. The number of hydrogen-bond acceptors (Lipinski definition) is 4. The van der Waals surface area contributed by atoms with E-state index >= 15 is 0 Å². The van der Waals surface area contributed by atoms with Crippen LogP contribution in [0, 0.1) is 5.82 Å². The minimum Gasteiger partial charge on any atom is -0.469 e. The molecule has 0 saturated carbocycles. The van der Waals surface area contributed by atoms with E-state index in [-0.39, 0.29) is 11.8 Å². The van der Waals surface area contributed by atoms with E-state index in [9.17, 15) is 9.18 Å². The van der Waals surface area contributed by atoms with E-state index in [1.165, 1.54) is 31.0 Å². The zero-order valence-electron chi connectivity index (χ0n) is 14.5. The first kappa shape index (κ1) is 16.9. The van der Waals surface area contributed by atoms with Gasteiger partial charge in [0, 0.05) is 22.4 Å². The maximum atomic E-state index is 13.4. The van der Waals surface area contributed by atoms with E-state index in [4.69, 9.17) is 9.15 Å². The summed E-state index contributed by atoms with van der Waals surface area (Å²) in [6.07, 6.45) is 5.16. The summed E-state index contributed by atoms with van der Waals surface area (Å²) < 4.78 is 24.0. The molecular weight excluding hydrogens is 351 g/mol. The van der Waals surface area contributed by atoms with Crippen molar-refractivity contribution in [2.45, 2.75) is 17.7 Å². The van der Waals surface area contributed by atoms with E-state index in [2.05, 4.69) is 6.07 Å². The number of aryl methyl sites for hydroxylation is 2. The molecule has 4 rings (SSSR count). The number of rotatable bonds is 3. The number of carbonyl (C=O) groups excluding carboxylic acids is 1. The van der Waals surface area contributed by atoms with Gasteiger partial charge >= 0.3 is 5.97 Å². The van der Waals surface area contributed by atoms with Crippen molar-refractivity contribution in [1.29, 1.82) is 0 Å². The lowest BCUT2D eigenvalue weighted by atomic mass is 9.84. The summed E-state index contributed by atoms with van der Waals surface area (Å²) in [7, 11) is 1.39. The number of furan rings is 1. The molecule has 0 fully saturated rings. The highest BCUT2D eigenvalue weighted by Crippen LogP contribution is 2.45. The van der Waals surface area contributed by atoms with Crippen LogP contribution in [0.3, 0.4) is 0 Å². The Hall–Kier alpha value is -2.53. The predicted molar refractivity (Wildman–Crippen MR) is 100 cm³/mol. The first-order valence-electron chi connectivity index (χ1n) is 8.29. The molecule has 0 amide bonds. The predicted octanol–water partition coefficient (Wildman–Crippen LogP) is 5.36. The Balaban J connectivity index is 2.05. The smallest absolute Gasteiger partial charge is 0.339 e. The van der Waals surface area contributed by atoms with Crippen molar-refractivity contribution in [3.63, 3.8) is 0 Å². The van der Waals surface area contributed by atoms with Crippen LogP contribution in [-0.2, 0) is 17.6 Å². The lowest BCUT2D eigenvalue weighted by molar-refractivity contribution is 0.0597. The van der Waals surface area contributed by atoms with E-state index in [0.29, 0.717) is 5.56 Å². The van der Waals surface area contributed by atoms with Gasteiger partial charge in [0.25, 0.3) is 0 Å². The van der Waals surface area contributed by atoms with Crippen molar-refractivity contribution in [2.75, 3.05) is 13.4 Å². The molecule has 0 atom stereocenters. The molecule has 132 valence electrons. The van der Waals surface area contributed by atoms with Crippen molar-refractivity contribution in [3.8, 4) is 22.3 Å². The Labute approximate surface area is 155 Å². The molecule has 26 heavy (non-hydrogen) atoms. The van der Waals surface area contributed by atoms with Crippen LogP contribution in [-0.4, -0.2) is 19.3 Å². The van der Waals surface area contributed by atoms with Gasteiger partial charge in [-0.15, -0.1) is 11.8 Å². The molecule has 3 nitrogen and oxygen atoms in total. The van der Waals surface area contributed by atoms with Crippen LogP contribution in [0.1, 0.15) is 21.7 Å². The molecule has 5 heteroatoms. The van der Waals surface area contributed by atoms with Crippen LogP contribution in [0.4, 0.5) is 4.39 Å². The molecule has 0 N–H and O–H groups in total. The van der Waals surface area contributed by atoms with Gasteiger partial charge in [0.2, 0.25) is 0 Å². The molecule has 0 aliphatic heterocycles. The number of benzene rings is 2. The lowest BCUT2D eigenvalue weighted by Gasteiger charge is -2.23. The highest BCUT2D eigenvalue weighted by molar-refractivity contribution is 7.98. The number of methoxy groups -OCH3 is 1. The maximum Gasteiger partial charge on any atom is 0.339 e. The quantitative estimate of drug-likeness (QED) is 0.461. The van der Waals surface area contributed by atoms with Crippen LogP contribution in [0.5, 0.6) is 0 Å².